The molecule has 1 fully saturated rings. The molecule has 2 N–H and O–H groups in total. The first-order valence-corrected chi connectivity index (χ1v) is 12.5. The fourth-order valence-electron chi connectivity index (χ4n) is 3.41. The van der Waals surface area contributed by atoms with Gasteiger partial charge in [-0.25, -0.2) is 31.5 Å². The number of rotatable bonds is 3. The molecule has 1 aliphatic heterocycles. The van der Waals surface area contributed by atoms with Gasteiger partial charge in [-0.3, -0.25) is 9.98 Å². The molecular weight excluding hydrogens is 505 g/mol. The molecule has 212 valence electrons. The van der Waals surface area contributed by atoms with Gasteiger partial charge >= 0.3 is 0 Å². The normalized spacial score (nSPS) is 14.4. The van der Waals surface area contributed by atoms with E-state index in [0.29, 0.717) is 23.2 Å². The third kappa shape index (κ3) is 10.3. The monoisotopic (exact) mass is 543 g/mol. The lowest BCUT2D eigenvalue weighted by Gasteiger charge is -2.28. The number of fused-ring (bicyclic) bond motifs is 1. The smallest absolute Gasteiger partial charge is 0.260 e. The number of alkyl halides is 4. The summed E-state index contributed by atoms with van der Waals surface area (Å²) in [7, 11) is 1.73. The zero-order chi connectivity index (χ0) is 29.0. The Kier molecular flexibility index (Phi) is 13.2. The van der Waals surface area contributed by atoms with Crippen molar-refractivity contribution in [2.45, 2.75) is 73.2 Å². The molecule has 0 atom stereocenters. The number of aliphatic imine (C=N–C) groups is 1. The maximum Gasteiger partial charge on any atom is 0.260 e. The Bertz CT molecular complexity index is 1170. The lowest BCUT2D eigenvalue weighted by Crippen LogP contribution is -2.39. The topological polar surface area (TPSA) is 84.7 Å². The van der Waals surface area contributed by atoms with Crippen LogP contribution in [0.15, 0.2) is 29.5 Å². The van der Waals surface area contributed by atoms with Crippen molar-refractivity contribution in [3.8, 4) is 11.3 Å². The van der Waals surface area contributed by atoms with Crippen molar-refractivity contribution in [1.29, 1.82) is 0 Å². The van der Waals surface area contributed by atoms with Crippen LogP contribution in [0.5, 0.6) is 0 Å². The first kappa shape index (κ1) is 32.9. The molecule has 0 amide bonds. The lowest BCUT2D eigenvalue weighted by molar-refractivity contribution is -0.0571. The Morgan fingerprint density at radius 1 is 1.21 bits per heavy atom. The fourth-order valence-corrected chi connectivity index (χ4v) is 3.41. The zero-order valence-electron chi connectivity index (χ0n) is 23.1. The van der Waals surface area contributed by atoms with E-state index in [1.165, 1.54) is 23.8 Å². The Labute approximate surface area is 221 Å². The van der Waals surface area contributed by atoms with Crippen LogP contribution in [0.1, 0.15) is 59.6 Å². The molecule has 0 aliphatic carbocycles. The summed E-state index contributed by atoms with van der Waals surface area (Å²) in [4.78, 5) is 14.4. The number of hydrogen-bond acceptors (Lipinski definition) is 6. The van der Waals surface area contributed by atoms with Gasteiger partial charge in [0.05, 0.1) is 47.1 Å². The second-order valence-corrected chi connectivity index (χ2v) is 8.65. The average molecular weight is 544 g/mol. The lowest BCUT2D eigenvalue weighted by atomic mass is 10.1. The van der Waals surface area contributed by atoms with Gasteiger partial charge in [-0.15, -0.1) is 5.10 Å². The third-order valence-corrected chi connectivity index (χ3v) is 5.06. The molecule has 0 radical (unpaired) electrons. The summed E-state index contributed by atoms with van der Waals surface area (Å²) in [6, 6.07) is 3.56. The summed E-state index contributed by atoms with van der Waals surface area (Å²) >= 11 is 0. The summed E-state index contributed by atoms with van der Waals surface area (Å²) in [6.45, 7) is 11.9. The number of hydrogen-bond donors (Lipinski definition) is 1. The van der Waals surface area contributed by atoms with Gasteiger partial charge in [0, 0.05) is 18.6 Å². The number of pyridine rings is 1. The molecule has 0 bridgehead atoms. The minimum atomic E-state index is -2.42. The highest BCUT2D eigenvalue weighted by molar-refractivity contribution is 5.83. The molecule has 3 aromatic rings. The fraction of sp³-hybridized carbons (Fsp3) is 0.538. The van der Waals surface area contributed by atoms with Gasteiger partial charge in [0.1, 0.15) is 0 Å². The van der Waals surface area contributed by atoms with Crippen LogP contribution in [0.4, 0.5) is 33.6 Å². The molecule has 0 aromatic carbocycles. The van der Waals surface area contributed by atoms with Crippen molar-refractivity contribution in [3.05, 3.63) is 36.0 Å². The predicted octanol–water partition coefficient (Wildman–Crippen LogP) is 6.97. The van der Waals surface area contributed by atoms with E-state index < -0.39 is 18.2 Å². The Balaban J connectivity index is 0.000000372. The number of nitrogens with zero attached hydrogens (tertiary/aromatic N) is 6. The van der Waals surface area contributed by atoms with Crippen LogP contribution < -0.4 is 5.73 Å². The molecule has 0 unspecified atom stereocenters. The van der Waals surface area contributed by atoms with Gasteiger partial charge in [0.15, 0.2) is 5.82 Å². The Morgan fingerprint density at radius 3 is 2.32 bits per heavy atom. The van der Waals surface area contributed by atoms with Crippen molar-refractivity contribution >= 4 is 22.9 Å². The molecule has 12 heteroatoms. The predicted molar refractivity (Wildman–Crippen MR) is 143 cm³/mol. The van der Waals surface area contributed by atoms with Crippen LogP contribution in [-0.2, 0) is 0 Å². The van der Waals surface area contributed by atoms with Crippen molar-refractivity contribution < 1.29 is 22.0 Å². The van der Waals surface area contributed by atoms with Crippen LogP contribution in [0, 0.1) is 12.7 Å². The number of likely N-dealkylation sites (tertiary alicyclic amines) is 1. The van der Waals surface area contributed by atoms with Gasteiger partial charge < -0.3 is 10.6 Å². The number of nitrogens with two attached hydrogens (primary N) is 1. The maximum atomic E-state index is 14.3. The number of halogens is 5. The Morgan fingerprint density at radius 2 is 1.84 bits per heavy atom. The highest BCUT2D eigenvalue weighted by atomic mass is 19.3. The van der Waals surface area contributed by atoms with Crippen molar-refractivity contribution in [2.75, 3.05) is 25.9 Å². The molecule has 0 saturated carbocycles. The summed E-state index contributed by atoms with van der Waals surface area (Å²) in [5.41, 5.74) is 9.33. The second kappa shape index (κ2) is 15.3. The number of aryl methyl sites for hydroxylation is 1. The molecule has 4 heterocycles. The van der Waals surface area contributed by atoms with Crippen LogP contribution in [0.2, 0.25) is 0 Å². The van der Waals surface area contributed by atoms with E-state index in [1.807, 2.05) is 40.7 Å². The van der Waals surface area contributed by atoms with Gasteiger partial charge in [0.25, 0.3) is 5.92 Å². The van der Waals surface area contributed by atoms with Crippen LogP contribution >= 0.6 is 0 Å². The summed E-state index contributed by atoms with van der Waals surface area (Å²) in [5, 5.41) is 3.96. The van der Waals surface area contributed by atoms with Crippen molar-refractivity contribution in [2.24, 2.45) is 4.99 Å². The quantitative estimate of drug-likeness (QED) is 0.285. The zero-order valence-corrected chi connectivity index (χ0v) is 23.1. The van der Waals surface area contributed by atoms with Crippen molar-refractivity contribution in [1.82, 2.24) is 24.5 Å². The standard InChI is InChI=1S/C15H15FN6.C6H11F2N.C3H6F2.C2H6/c1-8(2)19-11-4-5-12(20-9(11)3)14-10(16)7-22-13(14)6-18-15(17)21-22;1-9-4-2-3-6(7,8)5-9;1-2-3(4)5;1-2/h4-7H,1-3H3,(H2,17,21);2-5H2,1H3;3H,2H2,1H3;1-2H3. The van der Waals surface area contributed by atoms with E-state index in [2.05, 4.69) is 20.1 Å². The third-order valence-electron chi connectivity index (χ3n) is 5.06. The van der Waals surface area contributed by atoms with E-state index in [4.69, 9.17) is 5.73 Å². The van der Waals surface area contributed by atoms with E-state index >= 15 is 0 Å². The minimum absolute atomic E-state index is 0.0278. The van der Waals surface area contributed by atoms with E-state index in [-0.39, 0.29) is 25.3 Å². The first-order chi connectivity index (χ1) is 17.8. The second-order valence-electron chi connectivity index (χ2n) is 8.65. The number of piperidine rings is 1. The van der Waals surface area contributed by atoms with Crippen molar-refractivity contribution in [3.63, 3.8) is 0 Å². The molecule has 1 saturated heterocycles. The highest BCUT2D eigenvalue weighted by Gasteiger charge is 2.33. The van der Waals surface area contributed by atoms with Crippen LogP contribution in [0.3, 0.4) is 0 Å². The molecule has 1 aliphatic rings. The first-order valence-electron chi connectivity index (χ1n) is 12.5. The Hall–Kier alpha value is -3.15. The summed E-state index contributed by atoms with van der Waals surface area (Å²) < 4.78 is 62.0. The number of anilines is 1. The summed E-state index contributed by atoms with van der Waals surface area (Å²) in [6.07, 6.45) is 1.30. The van der Waals surface area contributed by atoms with Crippen LogP contribution in [-0.4, -0.2) is 62.7 Å². The minimum Gasteiger partial charge on any atom is -0.367 e. The number of nitrogen functional groups attached to an aromatic ring is 1. The molecule has 7 nitrogen and oxygen atoms in total. The number of aromatic nitrogens is 4. The largest absolute Gasteiger partial charge is 0.367 e. The van der Waals surface area contributed by atoms with E-state index in [0.717, 1.165) is 23.6 Å². The van der Waals surface area contributed by atoms with Crippen LogP contribution in [0.25, 0.3) is 16.8 Å². The highest BCUT2D eigenvalue weighted by Crippen LogP contribution is 2.30. The molecule has 0 spiro atoms. The summed E-state index contributed by atoms with van der Waals surface area (Å²) in [5.74, 6) is -2.76. The van der Waals surface area contributed by atoms with Gasteiger partial charge in [-0.2, -0.15) is 0 Å². The molecule has 38 heavy (non-hydrogen) atoms. The van der Waals surface area contributed by atoms with E-state index in [9.17, 15) is 22.0 Å². The molecular formula is C26H38F5N7. The average Bonchev–Trinajstić information content (AvgIpc) is 3.16. The molecule has 3 aromatic heterocycles. The van der Waals surface area contributed by atoms with Gasteiger partial charge in [-0.05, 0) is 52.9 Å². The van der Waals surface area contributed by atoms with Gasteiger partial charge in [0.2, 0.25) is 12.4 Å². The van der Waals surface area contributed by atoms with E-state index in [1.54, 1.807) is 18.0 Å². The maximum absolute atomic E-state index is 14.3. The molecule has 4 rings (SSSR count). The van der Waals surface area contributed by atoms with Gasteiger partial charge in [-0.1, -0.05) is 20.8 Å². The SMILES string of the molecule is CC.CC(C)=Nc1ccc(-c2c(F)cn3nc(N)ncc23)nc1C.CCC(F)F.CN1CCCC(F)(F)C1.